The van der Waals surface area contributed by atoms with Crippen molar-refractivity contribution >= 4 is 34.3 Å². The van der Waals surface area contributed by atoms with Gasteiger partial charge in [-0.1, -0.05) is 24.3 Å². The minimum absolute atomic E-state index is 0.0826. The maximum Gasteiger partial charge on any atom is 0.299 e. The van der Waals surface area contributed by atoms with E-state index in [-0.39, 0.29) is 28.2 Å². The number of anilines is 2. The summed E-state index contributed by atoms with van der Waals surface area (Å²) in [4.78, 5) is 47.3. The van der Waals surface area contributed by atoms with Gasteiger partial charge in [-0.3, -0.25) is 29.8 Å². The largest absolute Gasteiger partial charge is 0.350 e. The van der Waals surface area contributed by atoms with Crippen LogP contribution in [0.1, 0.15) is 20.7 Å². The van der Waals surface area contributed by atoms with Crippen molar-refractivity contribution in [3.8, 4) is 0 Å². The van der Waals surface area contributed by atoms with Crippen LogP contribution in [0.25, 0.3) is 0 Å². The molecule has 0 saturated heterocycles. The molecule has 0 saturated carbocycles. The minimum Gasteiger partial charge on any atom is -0.350 e. The van der Waals surface area contributed by atoms with Crippen LogP contribution in [0.2, 0.25) is 0 Å². The number of nitrogens with zero attached hydrogens (tertiary/aromatic N) is 2. The van der Waals surface area contributed by atoms with Crippen LogP contribution in [0.15, 0.2) is 78.1 Å². The normalized spacial score (nSPS) is 12.9. The lowest BCUT2D eigenvalue weighted by Gasteiger charge is -2.23. The second-order valence-corrected chi connectivity index (χ2v) is 6.93. The maximum atomic E-state index is 13.3. The summed E-state index contributed by atoms with van der Waals surface area (Å²) in [6, 6.07) is 13.9. The Kier molecular flexibility index (Phi) is 5.36. The van der Waals surface area contributed by atoms with Crippen LogP contribution >= 0.6 is 0 Å². The van der Waals surface area contributed by atoms with Gasteiger partial charge in [0.1, 0.15) is 22.9 Å². The zero-order valence-electron chi connectivity index (χ0n) is 16.6. The highest BCUT2D eigenvalue weighted by Gasteiger charge is 2.34. The monoisotopic (exact) mass is 448 g/mol. The number of carbonyl (C=O) groups is 2. The number of rotatable bonds is 6. The van der Waals surface area contributed by atoms with Crippen LogP contribution in [0.3, 0.4) is 0 Å². The van der Waals surface area contributed by atoms with E-state index in [1.807, 2.05) is 0 Å². The zero-order valence-corrected chi connectivity index (χ0v) is 16.6. The van der Waals surface area contributed by atoms with Gasteiger partial charge in [-0.2, -0.15) is 0 Å². The van der Waals surface area contributed by atoms with Crippen molar-refractivity contribution in [2.45, 2.75) is 0 Å². The Balaban J connectivity index is 1.85. The molecule has 0 aliphatic heterocycles. The van der Waals surface area contributed by atoms with Crippen LogP contribution in [0.5, 0.6) is 0 Å². The Morgan fingerprint density at radius 1 is 0.727 bits per heavy atom. The van der Waals surface area contributed by atoms with E-state index in [1.54, 1.807) is 12.1 Å². The molecule has 4 rings (SSSR count). The number of halogens is 1. The van der Waals surface area contributed by atoms with Crippen molar-refractivity contribution in [3.05, 3.63) is 115 Å². The number of allylic oxidation sites excluding steroid dienone is 2. The SMILES string of the molecule is O=C1C(Nc2ccc(F)cc2)=C(Nc2ccc([N+](=O)[O-])cc2[N+](=O)[O-])C(=O)c2ccccc21. The molecular weight excluding hydrogens is 435 g/mol. The molecule has 0 amide bonds. The number of nitrogens with one attached hydrogen (secondary N) is 2. The first-order chi connectivity index (χ1) is 15.8. The number of non-ortho nitro benzene ring substituents is 1. The van der Waals surface area contributed by atoms with E-state index >= 15 is 0 Å². The standard InChI is InChI=1S/C22H13FN4O6/c23-12-5-7-13(8-6-12)24-19-20(22(29)16-4-2-1-3-15(16)21(19)28)25-17-10-9-14(26(30)31)11-18(17)27(32)33/h1-11,24-25H. The van der Waals surface area contributed by atoms with E-state index < -0.39 is 38.6 Å². The summed E-state index contributed by atoms with van der Waals surface area (Å²) in [5.74, 6) is -1.70. The molecule has 0 fully saturated rings. The van der Waals surface area contributed by atoms with Crippen molar-refractivity contribution in [1.29, 1.82) is 0 Å². The van der Waals surface area contributed by atoms with Gasteiger partial charge in [-0.05, 0) is 30.3 Å². The molecule has 33 heavy (non-hydrogen) atoms. The quantitative estimate of drug-likeness (QED) is 0.415. The third-order valence-electron chi connectivity index (χ3n) is 4.88. The molecule has 164 valence electrons. The van der Waals surface area contributed by atoms with Crippen LogP contribution < -0.4 is 10.6 Å². The van der Waals surface area contributed by atoms with Gasteiger partial charge < -0.3 is 10.6 Å². The number of ketones is 2. The number of carbonyl (C=O) groups excluding carboxylic acids is 2. The second-order valence-electron chi connectivity index (χ2n) is 6.93. The summed E-state index contributed by atoms with van der Waals surface area (Å²) in [6.07, 6.45) is 0. The maximum absolute atomic E-state index is 13.3. The van der Waals surface area contributed by atoms with Gasteiger partial charge in [0.2, 0.25) is 11.6 Å². The Bertz CT molecular complexity index is 1370. The van der Waals surface area contributed by atoms with Gasteiger partial charge in [0.05, 0.1) is 15.9 Å². The Morgan fingerprint density at radius 3 is 1.85 bits per heavy atom. The van der Waals surface area contributed by atoms with Crippen LogP contribution in [-0.4, -0.2) is 21.4 Å². The smallest absolute Gasteiger partial charge is 0.299 e. The number of nitro groups is 2. The van der Waals surface area contributed by atoms with E-state index in [0.717, 1.165) is 30.3 Å². The molecule has 11 heteroatoms. The number of Topliss-reactive ketones (excluding diaryl/α,β-unsaturated/α-hetero) is 2. The molecule has 1 aliphatic rings. The van der Waals surface area contributed by atoms with E-state index in [1.165, 1.54) is 24.3 Å². The first kappa shape index (κ1) is 21.3. The summed E-state index contributed by atoms with van der Waals surface area (Å²) in [5.41, 5.74) is -1.39. The van der Waals surface area contributed by atoms with Gasteiger partial charge >= 0.3 is 0 Å². The summed E-state index contributed by atoms with van der Waals surface area (Å²) in [6.45, 7) is 0. The number of nitro benzene ring substituents is 2. The highest BCUT2D eigenvalue weighted by Crippen LogP contribution is 2.33. The lowest BCUT2D eigenvalue weighted by atomic mass is 9.90. The predicted octanol–water partition coefficient (Wildman–Crippen LogP) is 4.46. The molecule has 0 atom stereocenters. The van der Waals surface area contributed by atoms with E-state index in [0.29, 0.717) is 5.69 Å². The highest BCUT2D eigenvalue weighted by molar-refractivity contribution is 6.28. The third-order valence-corrected chi connectivity index (χ3v) is 4.88. The fraction of sp³-hybridized carbons (Fsp3) is 0. The lowest BCUT2D eigenvalue weighted by molar-refractivity contribution is -0.393. The molecule has 3 aromatic rings. The molecule has 0 unspecified atom stereocenters. The first-order valence-corrected chi connectivity index (χ1v) is 9.41. The van der Waals surface area contributed by atoms with Crippen LogP contribution in [0, 0.1) is 26.0 Å². The molecule has 0 aromatic heterocycles. The number of fused-ring (bicyclic) bond motifs is 1. The molecule has 2 N–H and O–H groups in total. The predicted molar refractivity (Wildman–Crippen MR) is 116 cm³/mol. The number of hydrogen-bond donors (Lipinski definition) is 2. The fourth-order valence-corrected chi connectivity index (χ4v) is 3.32. The molecule has 0 radical (unpaired) electrons. The molecule has 0 spiro atoms. The Labute approximate surface area is 184 Å². The fourth-order valence-electron chi connectivity index (χ4n) is 3.32. The van der Waals surface area contributed by atoms with E-state index in [2.05, 4.69) is 10.6 Å². The molecule has 0 heterocycles. The van der Waals surface area contributed by atoms with Crippen molar-refractivity contribution in [1.82, 2.24) is 0 Å². The summed E-state index contributed by atoms with van der Waals surface area (Å²) >= 11 is 0. The van der Waals surface area contributed by atoms with Crippen molar-refractivity contribution in [2.24, 2.45) is 0 Å². The van der Waals surface area contributed by atoms with Gasteiger partial charge in [-0.25, -0.2) is 4.39 Å². The minimum atomic E-state index is -0.841. The topological polar surface area (TPSA) is 144 Å². The van der Waals surface area contributed by atoms with Crippen LogP contribution in [0.4, 0.5) is 27.1 Å². The molecule has 0 bridgehead atoms. The van der Waals surface area contributed by atoms with Gasteiger partial charge in [0.25, 0.3) is 11.4 Å². The van der Waals surface area contributed by atoms with Crippen LogP contribution in [-0.2, 0) is 0 Å². The molecular formula is C22H13FN4O6. The Hall–Kier alpha value is -4.93. The summed E-state index contributed by atoms with van der Waals surface area (Å²) in [7, 11) is 0. The first-order valence-electron chi connectivity index (χ1n) is 9.41. The van der Waals surface area contributed by atoms with E-state index in [4.69, 9.17) is 0 Å². The van der Waals surface area contributed by atoms with Crippen molar-refractivity contribution in [2.75, 3.05) is 10.6 Å². The number of benzene rings is 3. The Morgan fingerprint density at radius 2 is 1.30 bits per heavy atom. The molecule has 1 aliphatic carbocycles. The molecule has 3 aromatic carbocycles. The van der Waals surface area contributed by atoms with Crippen molar-refractivity contribution < 1.29 is 23.8 Å². The average Bonchev–Trinajstić information content (AvgIpc) is 2.80. The summed E-state index contributed by atoms with van der Waals surface area (Å²) in [5, 5.41) is 27.9. The zero-order chi connectivity index (χ0) is 23.7. The second kappa shape index (κ2) is 8.30. The summed E-state index contributed by atoms with van der Waals surface area (Å²) < 4.78 is 13.3. The molecule has 10 nitrogen and oxygen atoms in total. The van der Waals surface area contributed by atoms with Crippen molar-refractivity contribution in [3.63, 3.8) is 0 Å². The van der Waals surface area contributed by atoms with Gasteiger partial charge in [0, 0.05) is 22.9 Å². The number of hydrogen-bond acceptors (Lipinski definition) is 8. The van der Waals surface area contributed by atoms with Gasteiger partial charge in [0.15, 0.2) is 0 Å². The lowest BCUT2D eigenvalue weighted by Crippen LogP contribution is -2.29. The average molecular weight is 448 g/mol. The highest BCUT2D eigenvalue weighted by atomic mass is 19.1. The van der Waals surface area contributed by atoms with Gasteiger partial charge in [-0.15, -0.1) is 0 Å². The van der Waals surface area contributed by atoms with E-state index in [9.17, 15) is 34.2 Å². The third kappa shape index (κ3) is 4.02.